The molecule has 2 N–H and O–H groups in total. The summed E-state index contributed by atoms with van der Waals surface area (Å²) in [6.45, 7) is 5.34. The molecule has 0 saturated heterocycles. The molecular weight excluding hydrogens is 330 g/mol. The van der Waals surface area contributed by atoms with Crippen molar-refractivity contribution in [1.29, 1.82) is 0 Å². The summed E-state index contributed by atoms with van der Waals surface area (Å²) in [7, 11) is 0. The van der Waals surface area contributed by atoms with Crippen molar-refractivity contribution in [3.8, 4) is 5.82 Å². The zero-order valence-electron chi connectivity index (χ0n) is 15.0. The van der Waals surface area contributed by atoms with Crippen LogP contribution in [-0.2, 0) is 0 Å². The number of aliphatic hydroxyl groups is 1. The van der Waals surface area contributed by atoms with E-state index in [-0.39, 0.29) is 18.2 Å². The molecule has 1 aromatic carbocycles. The predicted molar refractivity (Wildman–Crippen MR) is 97.1 cm³/mol. The monoisotopic (exact) mass is 351 g/mol. The van der Waals surface area contributed by atoms with Gasteiger partial charge in [0.1, 0.15) is 23.2 Å². The number of aliphatic hydroxyl groups excluding tert-OH is 1. The van der Waals surface area contributed by atoms with Crippen LogP contribution < -0.4 is 5.32 Å². The van der Waals surface area contributed by atoms with E-state index < -0.39 is 6.04 Å². The number of carbonyl (C=O) groups excluding carboxylic acids is 1. The van der Waals surface area contributed by atoms with Crippen LogP contribution in [0.4, 0.5) is 0 Å². The highest BCUT2D eigenvalue weighted by atomic mass is 16.3. The number of imidazole rings is 1. The Kier molecular flexibility index (Phi) is 5.09. The zero-order valence-corrected chi connectivity index (χ0v) is 15.0. The highest BCUT2D eigenvalue weighted by Gasteiger charge is 2.19. The number of rotatable bonds is 5. The summed E-state index contributed by atoms with van der Waals surface area (Å²) in [5.41, 5.74) is 2.00. The summed E-state index contributed by atoms with van der Waals surface area (Å²) >= 11 is 0. The number of carbonyl (C=O) groups is 1. The minimum absolute atomic E-state index is 0.195. The summed E-state index contributed by atoms with van der Waals surface area (Å²) in [6, 6.07) is 8.84. The third-order valence-corrected chi connectivity index (χ3v) is 4.10. The van der Waals surface area contributed by atoms with Crippen molar-refractivity contribution < 1.29 is 9.90 Å². The number of nitrogens with one attached hydrogen (secondary N) is 1. The van der Waals surface area contributed by atoms with Crippen molar-refractivity contribution in [3.63, 3.8) is 0 Å². The van der Waals surface area contributed by atoms with Gasteiger partial charge in [0, 0.05) is 18.0 Å². The third kappa shape index (κ3) is 3.62. The standard InChI is InChI=1S/C19H21N5O2/c1-12-9-20-13(2)21-18(12)24-10-16(22-14(24)3)19(26)23-17(11-25)15-7-5-4-6-8-15/h4-10,17,25H,11H2,1-3H3,(H,23,26). The molecule has 3 rings (SSSR count). The minimum atomic E-state index is -0.489. The Hall–Kier alpha value is -3.06. The first-order valence-corrected chi connectivity index (χ1v) is 8.33. The molecule has 26 heavy (non-hydrogen) atoms. The van der Waals surface area contributed by atoms with Crippen molar-refractivity contribution in [1.82, 2.24) is 24.8 Å². The van der Waals surface area contributed by atoms with E-state index in [2.05, 4.69) is 20.3 Å². The summed E-state index contributed by atoms with van der Waals surface area (Å²) in [5, 5.41) is 12.4. The summed E-state index contributed by atoms with van der Waals surface area (Å²) in [4.78, 5) is 25.6. The van der Waals surface area contributed by atoms with Crippen molar-refractivity contribution in [2.45, 2.75) is 26.8 Å². The van der Waals surface area contributed by atoms with Gasteiger partial charge in [-0.2, -0.15) is 0 Å². The maximum absolute atomic E-state index is 12.6. The van der Waals surface area contributed by atoms with E-state index in [0.29, 0.717) is 17.5 Å². The van der Waals surface area contributed by atoms with Gasteiger partial charge in [0.15, 0.2) is 0 Å². The van der Waals surface area contributed by atoms with E-state index in [4.69, 9.17) is 0 Å². The minimum Gasteiger partial charge on any atom is -0.394 e. The van der Waals surface area contributed by atoms with Crippen molar-refractivity contribution in [2.24, 2.45) is 0 Å². The average Bonchev–Trinajstić information content (AvgIpc) is 3.04. The molecule has 2 aromatic heterocycles. The van der Waals surface area contributed by atoms with Gasteiger partial charge < -0.3 is 10.4 Å². The molecule has 7 nitrogen and oxygen atoms in total. The van der Waals surface area contributed by atoms with Gasteiger partial charge in [0.25, 0.3) is 5.91 Å². The van der Waals surface area contributed by atoms with Crippen LogP contribution in [0.25, 0.3) is 5.82 Å². The molecule has 0 aliphatic heterocycles. The van der Waals surface area contributed by atoms with Gasteiger partial charge in [-0.3, -0.25) is 9.36 Å². The van der Waals surface area contributed by atoms with Crippen LogP contribution in [0.15, 0.2) is 42.7 Å². The van der Waals surface area contributed by atoms with E-state index in [0.717, 1.165) is 11.1 Å². The van der Waals surface area contributed by atoms with Crippen LogP contribution >= 0.6 is 0 Å². The Balaban J connectivity index is 1.86. The molecule has 1 atom stereocenters. The van der Waals surface area contributed by atoms with E-state index in [1.165, 1.54) is 0 Å². The topological polar surface area (TPSA) is 92.9 Å². The molecule has 134 valence electrons. The van der Waals surface area contributed by atoms with E-state index in [1.807, 2.05) is 51.1 Å². The number of amides is 1. The molecule has 0 radical (unpaired) electrons. The first-order valence-electron chi connectivity index (χ1n) is 8.33. The molecular formula is C19H21N5O2. The number of hydrogen-bond donors (Lipinski definition) is 2. The normalized spacial score (nSPS) is 12.0. The molecule has 0 aliphatic carbocycles. The number of hydrogen-bond acceptors (Lipinski definition) is 5. The lowest BCUT2D eigenvalue weighted by atomic mass is 10.1. The highest BCUT2D eigenvalue weighted by Crippen LogP contribution is 2.16. The molecule has 0 aliphatic rings. The lowest BCUT2D eigenvalue weighted by molar-refractivity contribution is 0.0911. The van der Waals surface area contributed by atoms with Gasteiger partial charge in [0.2, 0.25) is 0 Å². The van der Waals surface area contributed by atoms with Crippen LogP contribution in [0.2, 0.25) is 0 Å². The van der Waals surface area contributed by atoms with E-state index in [1.54, 1.807) is 17.0 Å². The lowest BCUT2D eigenvalue weighted by Gasteiger charge is -2.15. The smallest absolute Gasteiger partial charge is 0.272 e. The third-order valence-electron chi connectivity index (χ3n) is 4.10. The van der Waals surface area contributed by atoms with Gasteiger partial charge in [-0.25, -0.2) is 15.0 Å². The Morgan fingerprint density at radius 3 is 2.62 bits per heavy atom. The van der Waals surface area contributed by atoms with Crippen molar-refractivity contribution in [2.75, 3.05) is 6.61 Å². The lowest BCUT2D eigenvalue weighted by Crippen LogP contribution is -2.31. The molecule has 0 bridgehead atoms. The maximum Gasteiger partial charge on any atom is 0.272 e. The number of aromatic nitrogens is 4. The second-order valence-electron chi connectivity index (χ2n) is 6.09. The Morgan fingerprint density at radius 1 is 1.19 bits per heavy atom. The maximum atomic E-state index is 12.6. The largest absolute Gasteiger partial charge is 0.394 e. The van der Waals surface area contributed by atoms with Crippen LogP contribution in [0.1, 0.15) is 39.3 Å². The van der Waals surface area contributed by atoms with Gasteiger partial charge >= 0.3 is 0 Å². The molecule has 1 unspecified atom stereocenters. The van der Waals surface area contributed by atoms with Gasteiger partial charge in [0.05, 0.1) is 12.6 Å². The first kappa shape index (κ1) is 17.8. The summed E-state index contributed by atoms with van der Waals surface area (Å²) in [5.74, 6) is 1.65. The van der Waals surface area contributed by atoms with Crippen LogP contribution in [0.3, 0.4) is 0 Å². The molecule has 1 amide bonds. The molecule has 0 fully saturated rings. The van der Waals surface area contributed by atoms with Crippen LogP contribution in [0, 0.1) is 20.8 Å². The summed E-state index contributed by atoms with van der Waals surface area (Å²) < 4.78 is 1.77. The second-order valence-corrected chi connectivity index (χ2v) is 6.09. The Morgan fingerprint density at radius 2 is 1.92 bits per heavy atom. The van der Waals surface area contributed by atoms with Crippen molar-refractivity contribution in [3.05, 3.63) is 71.2 Å². The second kappa shape index (κ2) is 7.45. The number of aryl methyl sites for hydroxylation is 3. The fraction of sp³-hybridized carbons (Fsp3) is 0.263. The van der Waals surface area contributed by atoms with Gasteiger partial charge in [-0.05, 0) is 26.3 Å². The van der Waals surface area contributed by atoms with E-state index >= 15 is 0 Å². The van der Waals surface area contributed by atoms with Gasteiger partial charge in [-0.1, -0.05) is 30.3 Å². The fourth-order valence-corrected chi connectivity index (χ4v) is 2.71. The molecule has 2 heterocycles. The van der Waals surface area contributed by atoms with Crippen LogP contribution in [0.5, 0.6) is 0 Å². The van der Waals surface area contributed by atoms with Crippen LogP contribution in [-0.4, -0.2) is 37.1 Å². The SMILES string of the molecule is Cc1ncc(C)c(-n2cc(C(=O)NC(CO)c3ccccc3)nc2C)n1. The quantitative estimate of drug-likeness (QED) is 0.734. The predicted octanol–water partition coefficient (Wildman–Crippen LogP) is 2.05. The van der Waals surface area contributed by atoms with Crippen molar-refractivity contribution >= 4 is 5.91 Å². The molecule has 3 aromatic rings. The zero-order chi connectivity index (χ0) is 18.7. The molecule has 0 spiro atoms. The molecule has 0 saturated carbocycles. The van der Waals surface area contributed by atoms with Gasteiger partial charge in [-0.15, -0.1) is 0 Å². The van der Waals surface area contributed by atoms with E-state index in [9.17, 15) is 9.90 Å². The molecule has 7 heteroatoms. The Labute approximate surface area is 151 Å². The number of nitrogens with zero attached hydrogens (tertiary/aromatic N) is 4. The average molecular weight is 351 g/mol. The summed E-state index contributed by atoms with van der Waals surface area (Å²) in [6.07, 6.45) is 3.40. The highest BCUT2D eigenvalue weighted by molar-refractivity contribution is 5.92. The Bertz CT molecular complexity index is 921. The first-order chi connectivity index (χ1) is 12.5. The number of benzene rings is 1. The fourth-order valence-electron chi connectivity index (χ4n) is 2.71.